The van der Waals surface area contributed by atoms with Gasteiger partial charge in [-0.15, -0.1) is 0 Å². The summed E-state index contributed by atoms with van der Waals surface area (Å²) in [7, 11) is 1.88. The number of morpholine rings is 1. The van der Waals surface area contributed by atoms with Crippen molar-refractivity contribution in [2.24, 2.45) is 7.05 Å². The van der Waals surface area contributed by atoms with Crippen molar-refractivity contribution in [2.45, 2.75) is 6.10 Å². The number of carbonyl (C=O) groups excluding carboxylic acids is 1. The maximum Gasteiger partial charge on any atom is 0.262 e. The molecular weight excluding hydrogens is 432 g/mol. The molecule has 1 fully saturated rings. The van der Waals surface area contributed by atoms with Crippen molar-refractivity contribution < 1.29 is 19.7 Å². The second-order valence-electron chi connectivity index (χ2n) is 8.26. The molecule has 1 saturated heterocycles. The van der Waals surface area contributed by atoms with Crippen LogP contribution in [-0.4, -0.2) is 66.2 Å². The maximum absolute atomic E-state index is 12.3. The number of benzene rings is 2. The van der Waals surface area contributed by atoms with Gasteiger partial charge in [0.15, 0.2) is 0 Å². The molecule has 0 aliphatic carbocycles. The van der Waals surface area contributed by atoms with E-state index < -0.39 is 18.6 Å². The molecule has 8 heteroatoms. The zero-order chi connectivity index (χ0) is 24.1. The zero-order valence-electron chi connectivity index (χ0n) is 19.1. The molecule has 1 unspecified atom stereocenters. The first-order valence-electron chi connectivity index (χ1n) is 11.2. The molecule has 4 rings (SSSR count). The highest BCUT2D eigenvalue weighted by Crippen LogP contribution is 2.29. The van der Waals surface area contributed by atoms with Gasteiger partial charge >= 0.3 is 0 Å². The number of anilines is 1. The van der Waals surface area contributed by atoms with Gasteiger partial charge in [0.2, 0.25) is 0 Å². The lowest BCUT2D eigenvalue weighted by Gasteiger charge is -2.29. The van der Waals surface area contributed by atoms with Crippen LogP contribution < -0.4 is 10.2 Å². The normalized spacial score (nSPS) is 15.2. The molecule has 1 aliphatic heterocycles. The van der Waals surface area contributed by atoms with Gasteiger partial charge in [-0.2, -0.15) is 5.26 Å². The van der Waals surface area contributed by atoms with Crippen LogP contribution in [0.2, 0.25) is 0 Å². The summed E-state index contributed by atoms with van der Waals surface area (Å²) in [6, 6.07) is 18.5. The summed E-state index contributed by atoms with van der Waals surface area (Å²) >= 11 is 0. The van der Waals surface area contributed by atoms with Gasteiger partial charge in [0.05, 0.1) is 25.9 Å². The first-order chi connectivity index (χ1) is 16.5. The average molecular weight is 461 g/mol. The second-order valence-corrected chi connectivity index (χ2v) is 8.26. The number of ether oxygens (including phenoxy) is 1. The highest BCUT2D eigenvalue weighted by atomic mass is 16.5. The van der Waals surface area contributed by atoms with Crippen LogP contribution in [0.25, 0.3) is 28.1 Å². The Labute approximate surface area is 198 Å². The summed E-state index contributed by atoms with van der Waals surface area (Å²) in [5, 5.41) is 32.4. The van der Waals surface area contributed by atoms with Gasteiger partial charge in [-0.1, -0.05) is 18.2 Å². The third-order valence-corrected chi connectivity index (χ3v) is 6.02. The number of aliphatic hydroxyl groups excluding tert-OH is 2. The van der Waals surface area contributed by atoms with Crippen molar-refractivity contribution in [3.63, 3.8) is 0 Å². The number of hydrogen-bond donors (Lipinski definition) is 3. The lowest BCUT2D eigenvalue weighted by Crippen LogP contribution is -2.36. The number of nitrogens with one attached hydrogen (secondary N) is 1. The van der Waals surface area contributed by atoms with Crippen molar-refractivity contribution >= 4 is 28.4 Å². The predicted octanol–water partition coefficient (Wildman–Crippen LogP) is 2.06. The Morgan fingerprint density at radius 3 is 2.65 bits per heavy atom. The fraction of sp³-hybridized carbons (Fsp3) is 0.308. The van der Waals surface area contributed by atoms with Crippen LogP contribution in [-0.2, 0) is 16.6 Å². The molecule has 1 aliphatic rings. The maximum atomic E-state index is 12.3. The number of rotatable bonds is 7. The molecule has 34 heavy (non-hydrogen) atoms. The first-order valence-corrected chi connectivity index (χ1v) is 11.2. The molecule has 1 atom stereocenters. The van der Waals surface area contributed by atoms with E-state index in [1.165, 1.54) is 11.8 Å². The SMILES string of the molecule is Cn1c(/C=C(\C#N)C(=O)NCC(O)CO)ccc1-c1ccc2cc(N3CCOCC3)ccc2c1. The van der Waals surface area contributed by atoms with Gasteiger partial charge < -0.3 is 29.7 Å². The van der Waals surface area contributed by atoms with E-state index in [2.05, 4.69) is 46.6 Å². The molecular formula is C26H28N4O4. The molecule has 0 radical (unpaired) electrons. The number of aliphatic hydroxyl groups is 2. The quantitative estimate of drug-likeness (QED) is 0.368. The number of nitriles is 1. The minimum Gasteiger partial charge on any atom is -0.394 e. The van der Waals surface area contributed by atoms with Crippen molar-refractivity contribution in [1.82, 2.24) is 9.88 Å². The lowest BCUT2D eigenvalue weighted by atomic mass is 10.0. The van der Waals surface area contributed by atoms with Crippen molar-refractivity contribution in [1.29, 1.82) is 5.26 Å². The van der Waals surface area contributed by atoms with Crippen molar-refractivity contribution in [2.75, 3.05) is 44.4 Å². The summed E-state index contributed by atoms with van der Waals surface area (Å²) in [5.74, 6) is -0.598. The van der Waals surface area contributed by atoms with Crippen LogP contribution in [0.5, 0.6) is 0 Å². The Balaban J connectivity index is 1.56. The van der Waals surface area contributed by atoms with Crippen LogP contribution in [0, 0.1) is 11.3 Å². The molecule has 0 spiro atoms. The summed E-state index contributed by atoms with van der Waals surface area (Å²) in [6.07, 6.45) is 0.447. The van der Waals surface area contributed by atoms with E-state index in [9.17, 15) is 15.2 Å². The van der Waals surface area contributed by atoms with E-state index >= 15 is 0 Å². The Morgan fingerprint density at radius 2 is 1.91 bits per heavy atom. The highest BCUT2D eigenvalue weighted by molar-refractivity contribution is 6.01. The van der Waals surface area contributed by atoms with Gasteiger partial charge in [-0.25, -0.2) is 0 Å². The number of hydrogen-bond acceptors (Lipinski definition) is 6. The summed E-state index contributed by atoms with van der Waals surface area (Å²) in [6.45, 7) is 2.70. The van der Waals surface area contributed by atoms with Gasteiger partial charge in [-0.3, -0.25) is 4.79 Å². The molecule has 1 amide bonds. The fourth-order valence-corrected chi connectivity index (χ4v) is 4.04. The molecule has 1 aromatic heterocycles. The van der Waals surface area contributed by atoms with Crippen molar-refractivity contribution in [3.05, 3.63) is 59.8 Å². The van der Waals surface area contributed by atoms with Crippen LogP contribution in [0.1, 0.15) is 5.69 Å². The van der Waals surface area contributed by atoms with Crippen LogP contribution in [0.15, 0.2) is 54.1 Å². The number of nitrogens with zero attached hydrogens (tertiary/aromatic N) is 3. The molecule has 176 valence electrons. The van der Waals surface area contributed by atoms with Crippen molar-refractivity contribution in [3.8, 4) is 17.3 Å². The minimum absolute atomic E-state index is 0.0768. The summed E-state index contributed by atoms with van der Waals surface area (Å²) < 4.78 is 7.38. The number of amides is 1. The number of carbonyl (C=O) groups is 1. The van der Waals surface area contributed by atoms with Gasteiger partial charge in [0.1, 0.15) is 11.6 Å². The molecule has 2 heterocycles. The van der Waals surface area contributed by atoms with Crippen LogP contribution >= 0.6 is 0 Å². The fourth-order valence-electron chi connectivity index (χ4n) is 4.04. The molecule has 3 aromatic rings. The molecule has 3 N–H and O–H groups in total. The Hall–Kier alpha value is -3.64. The molecule has 2 aromatic carbocycles. The standard InChI is InChI=1S/C26H28N4O4/c1-29-22(14-21(15-27)26(33)28-16-24(32)17-31)6-7-25(29)20-3-2-19-13-23(5-4-18(19)12-20)30-8-10-34-11-9-30/h2-7,12-14,24,31-32H,8-11,16-17H2,1H3,(H,28,33)/b21-14+. The highest BCUT2D eigenvalue weighted by Gasteiger charge is 2.14. The van der Waals surface area contributed by atoms with Gasteiger partial charge in [0.25, 0.3) is 5.91 Å². The average Bonchev–Trinajstić information content (AvgIpc) is 3.25. The topological polar surface area (TPSA) is 111 Å². The molecule has 0 bridgehead atoms. The first kappa shape index (κ1) is 23.5. The lowest BCUT2D eigenvalue weighted by molar-refractivity contribution is -0.117. The Morgan fingerprint density at radius 1 is 1.18 bits per heavy atom. The third kappa shape index (κ3) is 5.13. The number of aromatic nitrogens is 1. The second kappa shape index (κ2) is 10.5. The van der Waals surface area contributed by atoms with E-state index in [1.54, 1.807) is 0 Å². The van der Waals surface area contributed by atoms with Crippen LogP contribution in [0.3, 0.4) is 0 Å². The largest absolute Gasteiger partial charge is 0.394 e. The third-order valence-electron chi connectivity index (χ3n) is 6.02. The zero-order valence-corrected chi connectivity index (χ0v) is 19.1. The van der Waals surface area contributed by atoms with E-state index in [-0.39, 0.29) is 12.1 Å². The summed E-state index contributed by atoms with van der Waals surface area (Å²) in [5.41, 5.74) is 3.81. The molecule has 0 saturated carbocycles. The Kier molecular flexibility index (Phi) is 7.28. The predicted molar refractivity (Wildman–Crippen MR) is 131 cm³/mol. The van der Waals surface area contributed by atoms with E-state index in [1.807, 2.05) is 29.8 Å². The molecule has 8 nitrogen and oxygen atoms in total. The summed E-state index contributed by atoms with van der Waals surface area (Å²) in [4.78, 5) is 14.6. The van der Waals surface area contributed by atoms with E-state index in [0.717, 1.165) is 48.3 Å². The van der Waals surface area contributed by atoms with E-state index in [4.69, 9.17) is 9.84 Å². The minimum atomic E-state index is -1.07. The Bertz CT molecular complexity index is 1250. The monoisotopic (exact) mass is 460 g/mol. The number of fused-ring (bicyclic) bond motifs is 1. The smallest absolute Gasteiger partial charge is 0.262 e. The van der Waals surface area contributed by atoms with Gasteiger partial charge in [-0.05, 0) is 52.7 Å². The van der Waals surface area contributed by atoms with Gasteiger partial charge in [0, 0.05) is 43.8 Å². The van der Waals surface area contributed by atoms with Crippen LogP contribution in [0.4, 0.5) is 5.69 Å². The van der Waals surface area contributed by atoms with E-state index in [0.29, 0.717) is 5.69 Å².